The van der Waals surface area contributed by atoms with Crippen molar-refractivity contribution in [2.75, 3.05) is 0 Å². The van der Waals surface area contributed by atoms with Crippen molar-refractivity contribution in [2.45, 2.75) is 117 Å². The summed E-state index contributed by atoms with van der Waals surface area (Å²) >= 11 is 0. The topological polar surface area (TPSA) is 48.4 Å². The Morgan fingerprint density at radius 1 is 0.935 bits per heavy atom. The Bertz CT molecular complexity index is 785. The molecule has 4 nitrogen and oxygen atoms in total. The highest BCUT2D eigenvalue weighted by Crippen LogP contribution is 2.40. The summed E-state index contributed by atoms with van der Waals surface area (Å²) in [6.07, 6.45) is 0.680. The van der Waals surface area contributed by atoms with Crippen LogP contribution in [0.1, 0.15) is 76.3 Å². The predicted molar refractivity (Wildman–Crippen MR) is 141 cm³/mol. The molecule has 7 heteroatoms. The summed E-state index contributed by atoms with van der Waals surface area (Å²) in [5, 5.41) is 1.48. The van der Waals surface area contributed by atoms with Crippen LogP contribution in [0.4, 0.5) is 0 Å². The van der Waals surface area contributed by atoms with Gasteiger partial charge in [0.2, 0.25) is 0 Å². The molecule has 0 aliphatic carbocycles. The van der Waals surface area contributed by atoms with Crippen molar-refractivity contribution < 1.29 is 13.6 Å². The molecule has 178 valence electrons. The van der Waals surface area contributed by atoms with Gasteiger partial charge >= 0.3 is 0 Å². The Labute approximate surface area is 194 Å². The highest BCUT2D eigenvalue weighted by atomic mass is 28.4. The van der Waals surface area contributed by atoms with E-state index in [-0.39, 0.29) is 16.2 Å². The maximum atomic E-state index is 11.8. The number of carbonyl (C=O) groups excluding carboxylic acids is 1. The van der Waals surface area contributed by atoms with Crippen molar-refractivity contribution in [2.24, 2.45) is 0 Å². The van der Waals surface area contributed by atoms with Crippen LogP contribution in [-0.4, -0.2) is 36.0 Å². The van der Waals surface area contributed by atoms with Crippen LogP contribution in [0.5, 0.6) is 0 Å². The van der Waals surface area contributed by atoms with Gasteiger partial charge in [-0.05, 0) is 54.8 Å². The molecule has 0 N–H and O–H groups in total. The van der Waals surface area contributed by atoms with Gasteiger partial charge in [-0.25, -0.2) is 4.98 Å². The first-order valence-corrected chi connectivity index (χ1v) is 20.8. The molecule has 0 amide bonds. The minimum absolute atomic E-state index is 0.100. The highest BCUT2D eigenvalue weighted by molar-refractivity contribution is 6.89. The summed E-state index contributed by atoms with van der Waals surface area (Å²) in [4.78, 5) is 16.5. The lowest BCUT2D eigenvalue weighted by Crippen LogP contribution is -2.45. The zero-order chi connectivity index (χ0) is 24.6. The molecule has 0 radical (unpaired) electrons. The second-order valence-corrected chi connectivity index (χ2v) is 27.5. The van der Waals surface area contributed by atoms with E-state index in [0.29, 0.717) is 12.3 Å². The molecule has 0 saturated heterocycles. The maximum absolute atomic E-state index is 11.8. The van der Waals surface area contributed by atoms with Crippen LogP contribution in [0.25, 0.3) is 0 Å². The molecule has 0 aromatic carbocycles. The summed E-state index contributed by atoms with van der Waals surface area (Å²) < 4.78 is 13.4. The van der Waals surface area contributed by atoms with E-state index in [0.717, 1.165) is 17.5 Å². The quantitative estimate of drug-likeness (QED) is 0.295. The number of hydrogen-bond acceptors (Lipinski definition) is 4. The van der Waals surface area contributed by atoms with Gasteiger partial charge < -0.3 is 8.85 Å². The van der Waals surface area contributed by atoms with E-state index in [1.807, 2.05) is 6.07 Å². The average molecular weight is 482 g/mol. The third kappa shape index (κ3) is 6.93. The molecule has 0 bridgehead atoms. The monoisotopic (exact) mass is 481 g/mol. The molecule has 0 unspecified atom stereocenters. The first kappa shape index (κ1) is 28.4. The van der Waals surface area contributed by atoms with Crippen LogP contribution in [0, 0.1) is 0 Å². The average Bonchev–Trinajstić information content (AvgIpc) is 2.55. The van der Waals surface area contributed by atoms with Gasteiger partial charge in [0.25, 0.3) is 0 Å². The molecule has 1 atom stereocenters. The number of aromatic nitrogens is 1. The molecule has 0 aliphatic heterocycles. The summed E-state index contributed by atoms with van der Waals surface area (Å²) in [5.74, 6) is 0. The third-order valence-electron chi connectivity index (χ3n) is 7.15. The number of rotatable bonds is 8. The van der Waals surface area contributed by atoms with Gasteiger partial charge in [0.05, 0.1) is 26.5 Å². The third-order valence-corrected chi connectivity index (χ3v) is 18.2. The summed E-state index contributed by atoms with van der Waals surface area (Å²) in [7, 11) is -5.69. The molecule has 1 heterocycles. The second kappa shape index (κ2) is 9.33. The second-order valence-electron chi connectivity index (χ2n) is 12.9. The number of pyridine rings is 1. The molecule has 1 aromatic rings. The van der Waals surface area contributed by atoms with Crippen molar-refractivity contribution in [3.05, 3.63) is 23.0 Å². The molecule has 0 aliphatic rings. The lowest BCUT2D eigenvalue weighted by atomic mass is 10.1. The van der Waals surface area contributed by atoms with E-state index in [9.17, 15) is 4.79 Å². The van der Waals surface area contributed by atoms with Crippen molar-refractivity contribution in [1.82, 2.24) is 4.98 Å². The standard InChI is InChI=1S/C24H47NO3Si3/c1-18(28-31(13,14)24(5,6)7)22-20(17-27-30(11,12)23(2,3)4)21(29(8,9)10)15-19(16-26)25-22/h15-16,18H,17H2,1-14H3/t18-/m0/s1. The Morgan fingerprint density at radius 2 is 1.42 bits per heavy atom. The molecular weight excluding hydrogens is 435 g/mol. The van der Waals surface area contributed by atoms with Crippen molar-refractivity contribution >= 4 is 36.2 Å². The minimum atomic E-state index is -2.00. The largest absolute Gasteiger partial charge is 0.412 e. The molecule has 1 aromatic heterocycles. The molecule has 0 fully saturated rings. The Hall–Kier alpha value is -0.609. The normalized spacial score (nSPS) is 15.2. The minimum Gasteiger partial charge on any atom is -0.412 e. The number of aldehydes is 1. The summed E-state index contributed by atoms with van der Waals surface area (Å²) in [5.41, 5.74) is 2.51. The van der Waals surface area contributed by atoms with Gasteiger partial charge in [-0.1, -0.05) is 66.4 Å². The number of carbonyl (C=O) groups is 1. The maximum Gasteiger partial charge on any atom is 0.192 e. The molecule has 31 heavy (non-hydrogen) atoms. The van der Waals surface area contributed by atoms with Crippen LogP contribution in [0.15, 0.2) is 6.07 Å². The van der Waals surface area contributed by atoms with E-state index < -0.39 is 24.7 Å². The fourth-order valence-corrected chi connectivity index (χ4v) is 6.95. The van der Waals surface area contributed by atoms with Crippen LogP contribution >= 0.6 is 0 Å². The van der Waals surface area contributed by atoms with E-state index in [4.69, 9.17) is 13.8 Å². The predicted octanol–water partition coefficient (Wildman–Crippen LogP) is 7.04. The van der Waals surface area contributed by atoms with Crippen LogP contribution < -0.4 is 5.19 Å². The van der Waals surface area contributed by atoms with Gasteiger partial charge in [0.1, 0.15) is 5.69 Å². The van der Waals surface area contributed by atoms with Crippen molar-refractivity contribution in [3.63, 3.8) is 0 Å². The Balaban J connectivity index is 3.59. The van der Waals surface area contributed by atoms with Gasteiger partial charge in [0, 0.05) is 0 Å². The van der Waals surface area contributed by atoms with Crippen LogP contribution in [-0.2, 0) is 15.5 Å². The molecular formula is C24H47NO3Si3. The first-order chi connectivity index (χ1) is 13.6. The first-order valence-electron chi connectivity index (χ1n) is 11.5. The number of nitrogens with zero attached hydrogens (tertiary/aromatic N) is 1. The van der Waals surface area contributed by atoms with Gasteiger partial charge in [0.15, 0.2) is 22.9 Å². The summed E-state index contributed by atoms with van der Waals surface area (Å²) in [6, 6.07) is 1.99. The van der Waals surface area contributed by atoms with Crippen molar-refractivity contribution in [1.29, 1.82) is 0 Å². The van der Waals surface area contributed by atoms with E-state index in [1.165, 1.54) is 5.19 Å². The molecule has 1 rings (SSSR count). The Morgan fingerprint density at radius 3 is 1.81 bits per heavy atom. The fourth-order valence-electron chi connectivity index (χ4n) is 2.97. The molecule has 0 spiro atoms. The summed E-state index contributed by atoms with van der Waals surface area (Å²) in [6.45, 7) is 32.2. The lowest BCUT2D eigenvalue weighted by Gasteiger charge is -2.39. The van der Waals surface area contributed by atoms with Gasteiger partial charge in [-0.15, -0.1) is 0 Å². The zero-order valence-electron chi connectivity index (χ0n) is 22.6. The smallest absolute Gasteiger partial charge is 0.192 e. The van der Waals surface area contributed by atoms with Gasteiger partial charge in [-0.3, -0.25) is 4.79 Å². The zero-order valence-corrected chi connectivity index (χ0v) is 25.6. The highest BCUT2D eigenvalue weighted by Gasteiger charge is 2.41. The van der Waals surface area contributed by atoms with Crippen LogP contribution in [0.2, 0.25) is 55.9 Å². The van der Waals surface area contributed by atoms with Crippen LogP contribution in [0.3, 0.4) is 0 Å². The number of hydrogen-bond donors (Lipinski definition) is 0. The SMILES string of the molecule is C[C@H](O[Si](C)(C)C(C)(C)C)c1nc(C=O)cc([Si](C)(C)C)c1CO[Si](C)(C)C(C)(C)C. The van der Waals surface area contributed by atoms with Crippen molar-refractivity contribution in [3.8, 4) is 0 Å². The van der Waals surface area contributed by atoms with E-state index >= 15 is 0 Å². The lowest BCUT2D eigenvalue weighted by molar-refractivity contribution is 0.111. The van der Waals surface area contributed by atoms with Gasteiger partial charge in [-0.2, -0.15) is 0 Å². The molecule has 0 saturated carbocycles. The Kier molecular flexibility index (Phi) is 8.55. The van der Waals surface area contributed by atoms with E-state index in [1.54, 1.807) is 0 Å². The fraction of sp³-hybridized carbons (Fsp3) is 0.750. The van der Waals surface area contributed by atoms with E-state index in [2.05, 4.69) is 94.3 Å².